The van der Waals surface area contributed by atoms with Crippen LogP contribution in [0.2, 0.25) is 0 Å². The first-order valence-corrected chi connectivity index (χ1v) is 12.0. The van der Waals surface area contributed by atoms with E-state index in [1.54, 1.807) is 24.3 Å². The van der Waals surface area contributed by atoms with Crippen LogP contribution in [0.1, 0.15) is 47.8 Å². The van der Waals surface area contributed by atoms with E-state index in [4.69, 9.17) is 4.42 Å². The van der Waals surface area contributed by atoms with Gasteiger partial charge in [0.2, 0.25) is 10.0 Å². The summed E-state index contributed by atoms with van der Waals surface area (Å²) in [6.07, 6.45) is 2.56. The van der Waals surface area contributed by atoms with Crippen LogP contribution in [0.5, 0.6) is 0 Å². The van der Waals surface area contributed by atoms with Crippen molar-refractivity contribution in [1.82, 2.24) is 4.31 Å². The van der Waals surface area contributed by atoms with Crippen LogP contribution < -0.4 is 5.63 Å². The van der Waals surface area contributed by atoms with Crippen LogP contribution in [0.25, 0.3) is 0 Å². The largest absolute Gasteiger partial charge is 0.426 e. The van der Waals surface area contributed by atoms with Gasteiger partial charge in [-0.1, -0.05) is 61.4 Å². The normalized spacial score (nSPS) is 11.7. The molecule has 0 N–H and O–H groups in total. The zero-order valence-electron chi connectivity index (χ0n) is 18.3. The molecule has 0 saturated heterocycles. The van der Waals surface area contributed by atoms with Crippen LogP contribution in [0.3, 0.4) is 0 Å². The third kappa shape index (κ3) is 5.71. The van der Waals surface area contributed by atoms with E-state index in [0.29, 0.717) is 17.7 Å². The molecular formula is C25H29NO4S. The van der Waals surface area contributed by atoms with Crippen molar-refractivity contribution in [2.24, 2.45) is 0 Å². The molecule has 0 atom stereocenters. The summed E-state index contributed by atoms with van der Waals surface area (Å²) in [5, 5.41) is 0. The van der Waals surface area contributed by atoms with Gasteiger partial charge in [0.1, 0.15) is 5.76 Å². The highest BCUT2D eigenvalue weighted by Gasteiger charge is 2.26. The Labute approximate surface area is 184 Å². The van der Waals surface area contributed by atoms with Gasteiger partial charge in [-0.05, 0) is 56.0 Å². The average molecular weight is 440 g/mol. The Morgan fingerprint density at radius 1 is 0.935 bits per heavy atom. The molecule has 0 aliphatic carbocycles. The zero-order chi connectivity index (χ0) is 22.4. The second-order valence-electron chi connectivity index (χ2n) is 7.84. The molecule has 3 rings (SSSR count). The summed E-state index contributed by atoms with van der Waals surface area (Å²) in [6, 6.07) is 18.0. The van der Waals surface area contributed by atoms with E-state index in [1.165, 1.54) is 4.31 Å². The third-order valence-corrected chi connectivity index (χ3v) is 7.09. The lowest BCUT2D eigenvalue weighted by atomic mass is 10.1. The minimum atomic E-state index is -3.80. The fraction of sp³-hybridized carbons (Fsp3) is 0.320. The van der Waals surface area contributed by atoms with Crippen molar-refractivity contribution in [2.45, 2.75) is 58.0 Å². The number of aryl methyl sites for hydroxylation is 3. The minimum absolute atomic E-state index is 0.0137. The van der Waals surface area contributed by atoms with Crippen LogP contribution in [-0.2, 0) is 29.5 Å². The Kier molecular flexibility index (Phi) is 7.46. The number of unbranched alkanes of at least 4 members (excludes halogenated alkanes) is 1. The molecule has 1 aromatic heterocycles. The molecule has 0 amide bonds. The SMILES string of the molecule is CCCCc1cc(C)c(CN(Cc2ccccc2)S(=O)(=O)c2ccc(C)cc2)oc1=O. The Hall–Kier alpha value is -2.70. The van der Waals surface area contributed by atoms with E-state index in [9.17, 15) is 13.2 Å². The Balaban J connectivity index is 1.98. The lowest BCUT2D eigenvalue weighted by Crippen LogP contribution is -2.31. The molecule has 0 fully saturated rings. The first-order chi connectivity index (χ1) is 14.8. The summed E-state index contributed by atoms with van der Waals surface area (Å²) in [6.45, 7) is 6.00. The van der Waals surface area contributed by atoms with Gasteiger partial charge in [0.05, 0.1) is 11.4 Å². The Morgan fingerprint density at radius 2 is 1.61 bits per heavy atom. The maximum absolute atomic E-state index is 13.5. The van der Waals surface area contributed by atoms with Gasteiger partial charge in [0.25, 0.3) is 0 Å². The van der Waals surface area contributed by atoms with Gasteiger partial charge >= 0.3 is 5.63 Å². The highest BCUT2D eigenvalue weighted by Crippen LogP contribution is 2.23. The molecule has 0 aliphatic heterocycles. The molecule has 1 heterocycles. The molecule has 2 aromatic carbocycles. The van der Waals surface area contributed by atoms with Gasteiger partial charge < -0.3 is 4.42 Å². The van der Waals surface area contributed by atoms with Crippen molar-refractivity contribution in [3.8, 4) is 0 Å². The van der Waals surface area contributed by atoms with E-state index >= 15 is 0 Å². The van der Waals surface area contributed by atoms with Gasteiger partial charge in [-0.25, -0.2) is 13.2 Å². The quantitative estimate of drug-likeness (QED) is 0.471. The van der Waals surface area contributed by atoms with E-state index < -0.39 is 10.0 Å². The molecule has 31 heavy (non-hydrogen) atoms. The predicted octanol–water partition coefficient (Wildman–Crippen LogP) is 4.99. The number of hydrogen-bond acceptors (Lipinski definition) is 4. The Morgan fingerprint density at radius 3 is 2.26 bits per heavy atom. The summed E-state index contributed by atoms with van der Waals surface area (Å²) >= 11 is 0. The van der Waals surface area contributed by atoms with Crippen molar-refractivity contribution in [1.29, 1.82) is 0 Å². The fourth-order valence-corrected chi connectivity index (χ4v) is 4.77. The summed E-state index contributed by atoms with van der Waals surface area (Å²) in [5.74, 6) is 0.372. The molecule has 0 radical (unpaired) electrons. The fourth-order valence-electron chi connectivity index (χ4n) is 3.39. The minimum Gasteiger partial charge on any atom is -0.426 e. The Bertz CT molecular complexity index is 1170. The van der Waals surface area contributed by atoms with Gasteiger partial charge in [0.15, 0.2) is 0 Å². The van der Waals surface area contributed by atoms with E-state index in [1.807, 2.05) is 50.2 Å². The van der Waals surface area contributed by atoms with Crippen LogP contribution in [-0.4, -0.2) is 12.7 Å². The van der Waals surface area contributed by atoms with E-state index in [2.05, 4.69) is 6.92 Å². The summed E-state index contributed by atoms with van der Waals surface area (Å²) in [4.78, 5) is 12.7. The maximum Gasteiger partial charge on any atom is 0.339 e. The number of nitrogens with zero attached hydrogens (tertiary/aromatic N) is 1. The maximum atomic E-state index is 13.5. The molecule has 164 valence electrons. The molecule has 0 unspecified atom stereocenters. The summed E-state index contributed by atoms with van der Waals surface area (Å²) < 4.78 is 33.9. The van der Waals surface area contributed by atoms with Crippen LogP contribution in [0, 0.1) is 13.8 Å². The molecule has 5 nitrogen and oxygen atoms in total. The number of sulfonamides is 1. The highest BCUT2D eigenvalue weighted by molar-refractivity contribution is 7.89. The van der Waals surface area contributed by atoms with Gasteiger partial charge in [-0.3, -0.25) is 0 Å². The molecule has 3 aromatic rings. The number of rotatable bonds is 9. The zero-order valence-corrected chi connectivity index (χ0v) is 19.1. The van der Waals surface area contributed by atoms with E-state index in [-0.39, 0.29) is 23.6 Å². The topological polar surface area (TPSA) is 67.6 Å². The monoisotopic (exact) mass is 439 g/mol. The summed E-state index contributed by atoms with van der Waals surface area (Å²) in [7, 11) is -3.80. The lowest BCUT2D eigenvalue weighted by Gasteiger charge is -2.23. The lowest BCUT2D eigenvalue weighted by molar-refractivity contribution is 0.340. The first-order valence-electron chi connectivity index (χ1n) is 10.5. The van der Waals surface area contributed by atoms with Crippen LogP contribution in [0.15, 0.2) is 74.8 Å². The van der Waals surface area contributed by atoms with Gasteiger partial charge in [-0.15, -0.1) is 0 Å². The first kappa shape index (κ1) is 23.0. The standard InChI is InChI=1S/C25H29NO4S/c1-4-5-11-22-16-20(3)24(30-25(22)27)18-26(17-21-9-7-6-8-10-21)31(28,29)23-14-12-19(2)13-15-23/h6-10,12-16H,4-5,11,17-18H2,1-3H3. The molecule has 0 aliphatic rings. The second kappa shape index (κ2) is 10.1. The smallest absolute Gasteiger partial charge is 0.339 e. The summed E-state index contributed by atoms with van der Waals surface area (Å²) in [5.41, 5.74) is 2.87. The van der Waals surface area contributed by atoms with Crippen molar-refractivity contribution < 1.29 is 12.8 Å². The highest BCUT2D eigenvalue weighted by atomic mass is 32.2. The molecular weight excluding hydrogens is 410 g/mol. The second-order valence-corrected chi connectivity index (χ2v) is 9.78. The van der Waals surface area contributed by atoms with Crippen LogP contribution in [0.4, 0.5) is 0 Å². The van der Waals surface area contributed by atoms with Gasteiger partial charge in [0, 0.05) is 12.1 Å². The van der Waals surface area contributed by atoms with Crippen molar-refractivity contribution >= 4 is 10.0 Å². The number of hydrogen-bond donors (Lipinski definition) is 0. The van der Waals surface area contributed by atoms with E-state index in [0.717, 1.165) is 29.5 Å². The van der Waals surface area contributed by atoms with Crippen molar-refractivity contribution in [2.75, 3.05) is 0 Å². The van der Waals surface area contributed by atoms with Crippen LogP contribution >= 0.6 is 0 Å². The van der Waals surface area contributed by atoms with Crippen molar-refractivity contribution in [3.63, 3.8) is 0 Å². The number of benzene rings is 2. The molecule has 0 spiro atoms. The van der Waals surface area contributed by atoms with Gasteiger partial charge in [-0.2, -0.15) is 4.31 Å². The molecule has 6 heteroatoms. The third-order valence-electron chi connectivity index (χ3n) is 5.29. The predicted molar refractivity (Wildman–Crippen MR) is 122 cm³/mol. The average Bonchev–Trinajstić information content (AvgIpc) is 2.75. The van der Waals surface area contributed by atoms with Crippen molar-refractivity contribution in [3.05, 3.63) is 99.1 Å². The molecule has 0 saturated carbocycles. The molecule has 0 bridgehead atoms.